The highest BCUT2D eigenvalue weighted by Gasteiger charge is 2.19. The third-order valence-corrected chi connectivity index (χ3v) is 3.69. The molecule has 5 heteroatoms. The van der Waals surface area contributed by atoms with E-state index in [1.807, 2.05) is 72.4 Å². The molecule has 0 saturated carbocycles. The van der Waals surface area contributed by atoms with Gasteiger partial charge in [0.05, 0.1) is 25.3 Å². The first kappa shape index (κ1) is 15.9. The van der Waals surface area contributed by atoms with Gasteiger partial charge in [0.15, 0.2) is 0 Å². The van der Waals surface area contributed by atoms with E-state index in [4.69, 9.17) is 9.15 Å². The van der Waals surface area contributed by atoms with Crippen LogP contribution in [0, 0.1) is 0 Å². The lowest BCUT2D eigenvalue weighted by molar-refractivity contribution is -0.116. The molecule has 1 aromatic carbocycles. The number of ether oxygens (including phenoxy) is 1. The molecule has 1 N–H and O–H groups in total. The molecule has 24 heavy (non-hydrogen) atoms. The molecule has 0 radical (unpaired) electrons. The minimum atomic E-state index is -0.169. The van der Waals surface area contributed by atoms with E-state index in [-0.39, 0.29) is 18.4 Å². The zero-order valence-electron chi connectivity index (χ0n) is 13.5. The number of rotatable bonds is 7. The Morgan fingerprint density at radius 3 is 2.54 bits per heavy atom. The van der Waals surface area contributed by atoms with Gasteiger partial charge in [-0.1, -0.05) is 0 Å². The van der Waals surface area contributed by atoms with Crippen LogP contribution >= 0.6 is 0 Å². The van der Waals surface area contributed by atoms with Gasteiger partial charge in [-0.25, -0.2) is 0 Å². The fraction of sp³-hybridized carbons (Fsp3) is 0.211. The molecule has 3 aromatic rings. The van der Waals surface area contributed by atoms with Crippen LogP contribution in [0.15, 0.2) is 71.6 Å². The summed E-state index contributed by atoms with van der Waals surface area (Å²) in [4.78, 5) is 12.4. The number of nitrogens with zero attached hydrogens (tertiary/aromatic N) is 1. The Labute approximate surface area is 140 Å². The predicted octanol–water partition coefficient (Wildman–Crippen LogP) is 4.10. The third kappa shape index (κ3) is 3.87. The molecule has 124 valence electrons. The van der Waals surface area contributed by atoms with Gasteiger partial charge in [-0.05, 0) is 55.5 Å². The van der Waals surface area contributed by atoms with Crippen LogP contribution in [0.1, 0.15) is 25.1 Å². The highest BCUT2D eigenvalue weighted by Crippen LogP contribution is 2.24. The van der Waals surface area contributed by atoms with Crippen molar-refractivity contribution in [1.82, 2.24) is 4.57 Å². The summed E-state index contributed by atoms with van der Waals surface area (Å²) in [6.07, 6.45) is 5.76. The van der Waals surface area contributed by atoms with Crippen LogP contribution in [0.5, 0.6) is 5.75 Å². The Kier molecular flexibility index (Phi) is 5.01. The molecule has 0 unspecified atom stereocenters. The van der Waals surface area contributed by atoms with Crippen LogP contribution in [-0.4, -0.2) is 17.1 Å². The molecular formula is C19H20N2O3. The van der Waals surface area contributed by atoms with Gasteiger partial charge in [0.1, 0.15) is 11.5 Å². The molecule has 2 aromatic heterocycles. The van der Waals surface area contributed by atoms with E-state index in [2.05, 4.69) is 5.32 Å². The summed E-state index contributed by atoms with van der Waals surface area (Å²) in [5, 5.41) is 2.92. The zero-order valence-corrected chi connectivity index (χ0v) is 13.5. The molecule has 0 aliphatic rings. The van der Waals surface area contributed by atoms with Gasteiger partial charge >= 0.3 is 0 Å². The molecule has 1 amide bonds. The van der Waals surface area contributed by atoms with Crippen molar-refractivity contribution in [2.24, 2.45) is 0 Å². The number of furan rings is 1. The quantitative estimate of drug-likeness (QED) is 0.712. The van der Waals surface area contributed by atoms with E-state index in [0.29, 0.717) is 6.61 Å². The maximum atomic E-state index is 12.4. The number of nitrogens with one attached hydrogen (secondary N) is 1. The Morgan fingerprint density at radius 2 is 1.92 bits per heavy atom. The van der Waals surface area contributed by atoms with Crippen molar-refractivity contribution in [1.29, 1.82) is 0 Å². The minimum absolute atomic E-state index is 0.0748. The smallest absolute Gasteiger partial charge is 0.226 e. The second-order valence-corrected chi connectivity index (χ2v) is 5.37. The van der Waals surface area contributed by atoms with Crippen molar-refractivity contribution in [3.8, 4) is 5.75 Å². The van der Waals surface area contributed by atoms with E-state index >= 15 is 0 Å². The number of amides is 1. The average Bonchev–Trinajstić information content (AvgIpc) is 3.29. The number of hydrogen-bond acceptors (Lipinski definition) is 3. The first-order valence-electron chi connectivity index (χ1n) is 7.95. The summed E-state index contributed by atoms with van der Waals surface area (Å²) in [5.41, 5.74) is 0.745. The van der Waals surface area contributed by atoms with Gasteiger partial charge in [-0.15, -0.1) is 0 Å². The van der Waals surface area contributed by atoms with Crippen molar-refractivity contribution in [3.05, 3.63) is 72.9 Å². The maximum Gasteiger partial charge on any atom is 0.226 e. The number of carbonyl (C=O) groups is 1. The number of benzene rings is 1. The molecule has 0 bridgehead atoms. The maximum absolute atomic E-state index is 12.4. The predicted molar refractivity (Wildman–Crippen MR) is 92.1 cm³/mol. The molecule has 0 aliphatic heterocycles. The molecule has 0 fully saturated rings. The first-order valence-corrected chi connectivity index (χ1v) is 7.95. The Morgan fingerprint density at radius 1 is 1.17 bits per heavy atom. The normalized spacial score (nSPS) is 11.9. The third-order valence-electron chi connectivity index (χ3n) is 3.69. The summed E-state index contributed by atoms with van der Waals surface area (Å²) < 4.78 is 12.9. The van der Waals surface area contributed by atoms with Crippen molar-refractivity contribution < 1.29 is 13.9 Å². The molecule has 0 saturated heterocycles. The van der Waals surface area contributed by atoms with Gasteiger partial charge in [0.2, 0.25) is 5.91 Å². The van der Waals surface area contributed by atoms with Crippen molar-refractivity contribution in [2.45, 2.75) is 19.4 Å². The first-order chi connectivity index (χ1) is 11.8. The van der Waals surface area contributed by atoms with Crippen LogP contribution < -0.4 is 10.1 Å². The molecule has 0 aliphatic carbocycles. The summed E-state index contributed by atoms with van der Waals surface area (Å²) in [7, 11) is 0. The van der Waals surface area contributed by atoms with E-state index in [1.54, 1.807) is 6.26 Å². The lowest BCUT2D eigenvalue weighted by Crippen LogP contribution is -2.19. The Bertz CT molecular complexity index is 712. The summed E-state index contributed by atoms with van der Waals surface area (Å²) in [6, 6.07) is 14.8. The lowest BCUT2D eigenvalue weighted by atomic mass is 10.1. The Balaban J connectivity index is 1.67. The van der Waals surface area contributed by atoms with Gasteiger partial charge in [0.25, 0.3) is 0 Å². The number of anilines is 1. The fourth-order valence-corrected chi connectivity index (χ4v) is 2.58. The largest absolute Gasteiger partial charge is 0.494 e. The summed E-state index contributed by atoms with van der Waals surface area (Å²) >= 11 is 0. The fourth-order valence-electron chi connectivity index (χ4n) is 2.58. The molecule has 3 rings (SSSR count). The van der Waals surface area contributed by atoms with Crippen LogP contribution in [0.3, 0.4) is 0 Å². The molecule has 1 atom stereocenters. The zero-order chi connectivity index (χ0) is 16.8. The Hall–Kier alpha value is -2.95. The highest BCUT2D eigenvalue weighted by atomic mass is 16.5. The number of hydrogen-bond donors (Lipinski definition) is 1. The van der Waals surface area contributed by atoms with Crippen molar-refractivity contribution in [2.75, 3.05) is 11.9 Å². The average molecular weight is 324 g/mol. The van der Waals surface area contributed by atoms with E-state index in [9.17, 15) is 4.79 Å². The molecule has 0 spiro atoms. The van der Waals surface area contributed by atoms with Gasteiger partial charge in [0, 0.05) is 18.1 Å². The van der Waals surface area contributed by atoms with Crippen LogP contribution in [0.2, 0.25) is 0 Å². The molecule has 2 heterocycles. The van der Waals surface area contributed by atoms with Crippen LogP contribution in [-0.2, 0) is 4.79 Å². The van der Waals surface area contributed by atoms with Crippen molar-refractivity contribution >= 4 is 11.6 Å². The van der Waals surface area contributed by atoms with Crippen molar-refractivity contribution in [3.63, 3.8) is 0 Å². The van der Waals surface area contributed by atoms with Crippen LogP contribution in [0.25, 0.3) is 0 Å². The van der Waals surface area contributed by atoms with Crippen LogP contribution in [0.4, 0.5) is 5.69 Å². The summed E-state index contributed by atoms with van der Waals surface area (Å²) in [5.74, 6) is 1.47. The van der Waals surface area contributed by atoms with E-state index in [1.165, 1.54) is 0 Å². The number of aromatic nitrogens is 1. The van der Waals surface area contributed by atoms with E-state index in [0.717, 1.165) is 17.2 Å². The second-order valence-electron chi connectivity index (χ2n) is 5.37. The lowest BCUT2D eigenvalue weighted by Gasteiger charge is -2.16. The van der Waals surface area contributed by atoms with Gasteiger partial charge in [-0.2, -0.15) is 0 Å². The van der Waals surface area contributed by atoms with Gasteiger partial charge in [-0.3, -0.25) is 4.79 Å². The number of carbonyl (C=O) groups excluding carboxylic acids is 1. The van der Waals surface area contributed by atoms with E-state index < -0.39 is 0 Å². The summed E-state index contributed by atoms with van der Waals surface area (Å²) in [6.45, 7) is 2.55. The SMILES string of the molecule is CCOc1ccc(NC(=O)C[C@H](c2ccco2)n2cccc2)cc1. The topological polar surface area (TPSA) is 56.4 Å². The van der Waals surface area contributed by atoms with Gasteiger partial charge < -0.3 is 19.0 Å². The highest BCUT2D eigenvalue weighted by molar-refractivity contribution is 5.91. The standard InChI is InChI=1S/C19H20N2O3/c1-2-23-16-9-7-15(8-10-16)20-19(22)14-17(18-6-5-13-24-18)21-11-3-4-12-21/h3-13,17H,2,14H2,1H3,(H,20,22)/t17-/m1/s1. The second kappa shape index (κ2) is 7.55. The monoisotopic (exact) mass is 324 g/mol. The molecular weight excluding hydrogens is 304 g/mol. The molecule has 5 nitrogen and oxygen atoms in total. The minimum Gasteiger partial charge on any atom is -0.494 e.